The lowest BCUT2D eigenvalue weighted by molar-refractivity contribution is 0.171. The Morgan fingerprint density at radius 2 is 1.86 bits per heavy atom. The number of hydrogen-bond acceptors (Lipinski definition) is 3. The Balaban J connectivity index is 1.77. The maximum absolute atomic E-state index is 6.22. The quantitative estimate of drug-likeness (QED) is 0.789. The number of benzene rings is 2. The van der Waals surface area contributed by atoms with Gasteiger partial charge in [-0.25, -0.2) is 0 Å². The van der Waals surface area contributed by atoms with Crippen molar-refractivity contribution in [2.24, 2.45) is 0 Å². The number of ether oxygens (including phenoxy) is 2. The molecule has 2 aromatic carbocycles. The summed E-state index contributed by atoms with van der Waals surface area (Å²) in [6, 6.07) is 9.51. The summed E-state index contributed by atoms with van der Waals surface area (Å²) >= 11 is 15.8. The predicted molar refractivity (Wildman–Crippen MR) is 88.9 cm³/mol. The van der Waals surface area contributed by atoms with Gasteiger partial charge in [-0.1, -0.05) is 39.1 Å². The first-order valence-corrected chi connectivity index (χ1v) is 7.95. The fourth-order valence-electron chi connectivity index (χ4n) is 2.10. The molecule has 3 rings (SSSR count). The van der Waals surface area contributed by atoms with Gasteiger partial charge in [-0.2, -0.15) is 0 Å². The minimum atomic E-state index is 0.527. The summed E-state index contributed by atoms with van der Waals surface area (Å²) in [6.45, 7) is 1.66. The second-order valence-corrected chi connectivity index (χ2v) is 6.31. The molecule has 0 saturated heterocycles. The number of fused-ring (bicyclic) bond motifs is 1. The molecule has 0 unspecified atom stereocenters. The van der Waals surface area contributed by atoms with Gasteiger partial charge in [0, 0.05) is 11.0 Å². The molecular formula is C15H12BrCl2NO2. The van der Waals surface area contributed by atoms with Crippen molar-refractivity contribution in [2.75, 3.05) is 18.5 Å². The van der Waals surface area contributed by atoms with Crippen LogP contribution in [0.4, 0.5) is 5.69 Å². The van der Waals surface area contributed by atoms with Crippen LogP contribution in [0.1, 0.15) is 5.56 Å². The third-order valence-electron chi connectivity index (χ3n) is 3.07. The van der Waals surface area contributed by atoms with E-state index in [1.165, 1.54) is 0 Å². The summed E-state index contributed by atoms with van der Waals surface area (Å²) in [4.78, 5) is 0. The first-order valence-electron chi connectivity index (χ1n) is 6.40. The normalized spacial score (nSPS) is 13.1. The topological polar surface area (TPSA) is 30.5 Å². The van der Waals surface area contributed by atoms with E-state index >= 15 is 0 Å². The molecule has 0 radical (unpaired) electrons. The maximum Gasteiger partial charge on any atom is 0.179 e. The van der Waals surface area contributed by atoms with Crippen molar-refractivity contribution >= 4 is 44.8 Å². The van der Waals surface area contributed by atoms with Crippen molar-refractivity contribution in [3.05, 3.63) is 50.4 Å². The Hall–Kier alpha value is -1.10. The van der Waals surface area contributed by atoms with E-state index in [9.17, 15) is 0 Å². The van der Waals surface area contributed by atoms with Crippen LogP contribution in [0.2, 0.25) is 10.0 Å². The van der Waals surface area contributed by atoms with Crippen LogP contribution in [0.15, 0.2) is 34.8 Å². The Morgan fingerprint density at radius 3 is 2.67 bits per heavy atom. The van der Waals surface area contributed by atoms with Crippen molar-refractivity contribution < 1.29 is 9.47 Å². The zero-order valence-electron chi connectivity index (χ0n) is 11.0. The average molecular weight is 389 g/mol. The molecular weight excluding hydrogens is 377 g/mol. The lowest BCUT2D eigenvalue weighted by Crippen LogP contribution is -2.16. The Labute approximate surface area is 141 Å². The summed E-state index contributed by atoms with van der Waals surface area (Å²) in [5, 5.41) is 4.50. The van der Waals surface area contributed by atoms with Gasteiger partial charge in [0.1, 0.15) is 13.2 Å². The highest BCUT2D eigenvalue weighted by molar-refractivity contribution is 9.10. The highest BCUT2D eigenvalue weighted by atomic mass is 79.9. The van der Waals surface area contributed by atoms with E-state index in [1.807, 2.05) is 30.3 Å². The van der Waals surface area contributed by atoms with Crippen molar-refractivity contribution in [1.29, 1.82) is 0 Å². The fourth-order valence-corrected chi connectivity index (χ4v) is 3.12. The minimum Gasteiger partial charge on any atom is -0.486 e. The van der Waals surface area contributed by atoms with Gasteiger partial charge < -0.3 is 14.8 Å². The number of halogens is 3. The van der Waals surface area contributed by atoms with Crippen molar-refractivity contribution in [1.82, 2.24) is 0 Å². The lowest BCUT2D eigenvalue weighted by Gasteiger charge is -2.20. The van der Waals surface area contributed by atoms with Crippen LogP contribution in [-0.2, 0) is 6.54 Å². The molecule has 6 heteroatoms. The molecule has 110 valence electrons. The molecule has 21 heavy (non-hydrogen) atoms. The van der Waals surface area contributed by atoms with E-state index < -0.39 is 0 Å². The van der Waals surface area contributed by atoms with Crippen LogP contribution < -0.4 is 14.8 Å². The molecule has 0 spiro atoms. The van der Waals surface area contributed by atoms with Crippen molar-refractivity contribution in [3.8, 4) is 11.5 Å². The minimum absolute atomic E-state index is 0.527. The van der Waals surface area contributed by atoms with Gasteiger partial charge in [0.2, 0.25) is 0 Å². The van der Waals surface area contributed by atoms with Gasteiger partial charge in [0.25, 0.3) is 0 Å². The molecule has 1 heterocycles. The molecule has 1 aliphatic heterocycles. The summed E-state index contributed by atoms with van der Waals surface area (Å²) in [5.74, 6) is 1.31. The Morgan fingerprint density at radius 1 is 1.05 bits per heavy atom. The third-order valence-corrected chi connectivity index (χ3v) is 4.16. The van der Waals surface area contributed by atoms with Crippen LogP contribution in [-0.4, -0.2) is 13.2 Å². The van der Waals surface area contributed by atoms with Crippen molar-refractivity contribution in [3.63, 3.8) is 0 Å². The van der Waals surface area contributed by atoms with Crippen LogP contribution in [0.25, 0.3) is 0 Å². The molecule has 0 amide bonds. The van der Waals surface area contributed by atoms with E-state index in [4.69, 9.17) is 32.7 Å². The molecule has 0 aromatic heterocycles. The largest absolute Gasteiger partial charge is 0.486 e. The summed E-state index contributed by atoms with van der Waals surface area (Å²) in [5.41, 5.74) is 1.87. The van der Waals surface area contributed by atoms with Gasteiger partial charge >= 0.3 is 0 Å². The second-order valence-electron chi connectivity index (χ2n) is 4.58. The average Bonchev–Trinajstić information content (AvgIpc) is 2.46. The number of nitrogens with one attached hydrogen (secondary N) is 1. The standard InChI is InChI=1S/C15H12BrCl2NO2/c16-10-1-2-13(11(17)7-10)19-8-9-5-12(18)15-14(6-9)20-3-4-21-15/h1-2,5-7,19H,3-4,8H2. The van der Waals surface area contributed by atoms with E-state index in [1.54, 1.807) is 0 Å². The van der Waals surface area contributed by atoms with Gasteiger partial charge in [0.15, 0.2) is 11.5 Å². The lowest BCUT2D eigenvalue weighted by atomic mass is 10.2. The van der Waals surface area contributed by atoms with Gasteiger partial charge in [-0.15, -0.1) is 0 Å². The Bertz CT molecular complexity index is 679. The number of hydrogen-bond donors (Lipinski definition) is 1. The van der Waals surface area contributed by atoms with Crippen molar-refractivity contribution in [2.45, 2.75) is 6.54 Å². The smallest absolute Gasteiger partial charge is 0.179 e. The zero-order valence-corrected chi connectivity index (χ0v) is 14.1. The second kappa shape index (κ2) is 6.34. The fraction of sp³-hybridized carbons (Fsp3) is 0.200. The van der Waals surface area contributed by atoms with E-state index in [-0.39, 0.29) is 0 Å². The molecule has 0 aliphatic carbocycles. The molecule has 1 N–H and O–H groups in total. The highest BCUT2D eigenvalue weighted by Gasteiger charge is 2.16. The first kappa shape index (κ1) is 14.8. The molecule has 0 fully saturated rings. The van der Waals surface area contributed by atoms with Gasteiger partial charge in [0.05, 0.1) is 15.7 Å². The van der Waals surface area contributed by atoms with Gasteiger partial charge in [-0.05, 0) is 35.9 Å². The zero-order chi connectivity index (χ0) is 14.8. The monoisotopic (exact) mass is 387 g/mol. The van der Waals surface area contributed by atoms with Crippen LogP contribution in [0, 0.1) is 0 Å². The molecule has 0 bridgehead atoms. The number of anilines is 1. The summed E-state index contributed by atoms with van der Waals surface area (Å²) in [7, 11) is 0. The highest BCUT2D eigenvalue weighted by Crippen LogP contribution is 2.38. The van der Waals surface area contributed by atoms with Crippen LogP contribution >= 0.6 is 39.1 Å². The first-order chi connectivity index (χ1) is 10.1. The SMILES string of the molecule is Clc1cc(Br)ccc1NCc1cc(Cl)c2c(c1)OCCO2. The third kappa shape index (κ3) is 3.39. The Kier molecular flexibility index (Phi) is 4.48. The van der Waals surface area contributed by atoms with Crippen LogP contribution in [0.3, 0.4) is 0 Å². The van der Waals surface area contributed by atoms with E-state index in [0.717, 1.165) is 15.7 Å². The maximum atomic E-state index is 6.22. The molecule has 1 aliphatic rings. The summed E-state index contributed by atoms with van der Waals surface area (Å²) in [6.07, 6.45) is 0. The van der Waals surface area contributed by atoms with E-state index in [2.05, 4.69) is 21.2 Å². The number of rotatable bonds is 3. The molecule has 3 nitrogen and oxygen atoms in total. The molecule has 2 aromatic rings. The predicted octanol–water partition coefficient (Wildman–Crippen LogP) is 5.14. The van der Waals surface area contributed by atoms with Gasteiger partial charge in [-0.3, -0.25) is 0 Å². The van der Waals surface area contributed by atoms with Crippen LogP contribution in [0.5, 0.6) is 11.5 Å². The summed E-state index contributed by atoms with van der Waals surface area (Å²) < 4.78 is 12.0. The molecule has 0 atom stereocenters. The van der Waals surface area contributed by atoms with E-state index in [0.29, 0.717) is 41.3 Å². The molecule has 0 saturated carbocycles.